The van der Waals surface area contributed by atoms with Crippen LogP contribution in [0.25, 0.3) is 0 Å². The van der Waals surface area contributed by atoms with Gasteiger partial charge in [-0.2, -0.15) is 13.2 Å². The fraction of sp³-hybridized carbons (Fsp3) is 0.286. The predicted octanol–water partition coefficient (Wildman–Crippen LogP) is 0.274. The van der Waals surface area contributed by atoms with Crippen LogP contribution in [-0.2, 0) is 0 Å². The highest BCUT2D eigenvalue weighted by Gasteiger charge is 2.26. The number of halogens is 4. The lowest BCUT2D eigenvalue weighted by Crippen LogP contribution is -2.34. The number of anilines is 1. The first-order valence-corrected chi connectivity index (χ1v) is 8.99. The van der Waals surface area contributed by atoms with Gasteiger partial charge in [-0.3, -0.25) is 0 Å². The van der Waals surface area contributed by atoms with E-state index < -0.39 is 12.7 Å². The number of amidine groups is 1. The lowest BCUT2D eigenvalue weighted by molar-refractivity contribution is -0.118. The Balaban J connectivity index is 1.93. The number of hydrogen-bond acceptors (Lipinski definition) is 7. The SMILES string of the molecule is Bc1cc(N/C(=N\O)c2nonc2SCCN/C(N)=N/CC(F)(F)F)ccc1F. The summed E-state index contributed by atoms with van der Waals surface area (Å²) in [6.45, 7) is -1.19. The molecule has 0 atom stereocenters. The fourth-order valence-electron chi connectivity index (χ4n) is 1.97. The van der Waals surface area contributed by atoms with Gasteiger partial charge in [0.05, 0.1) is 0 Å². The molecule has 0 aliphatic carbocycles. The Kier molecular flexibility index (Phi) is 7.70. The van der Waals surface area contributed by atoms with Gasteiger partial charge in [-0.15, -0.1) is 0 Å². The van der Waals surface area contributed by atoms with Crippen molar-refractivity contribution >= 4 is 42.6 Å². The number of oxime groups is 1. The molecule has 0 bridgehead atoms. The average Bonchev–Trinajstić information content (AvgIpc) is 3.12. The summed E-state index contributed by atoms with van der Waals surface area (Å²) >= 11 is 1.12. The average molecular weight is 433 g/mol. The zero-order valence-corrected chi connectivity index (χ0v) is 15.8. The van der Waals surface area contributed by atoms with Gasteiger partial charge >= 0.3 is 6.18 Å². The Bertz CT molecular complexity index is 891. The second kappa shape index (κ2) is 10.00. The van der Waals surface area contributed by atoms with E-state index in [2.05, 4.69) is 35.7 Å². The van der Waals surface area contributed by atoms with Gasteiger partial charge in [0.2, 0.25) is 5.84 Å². The summed E-state index contributed by atoms with van der Waals surface area (Å²) in [6, 6.07) is 4.20. The van der Waals surface area contributed by atoms with Crippen LogP contribution in [0.2, 0.25) is 0 Å². The van der Waals surface area contributed by atoms with Gasteiger partial charge in [0.1, 0.15) is 20.2 Å². The number of thioether (sulfide) groups is 1. The molecule has 29 heavy (non-hydrogen) atoms. The summed E-state index contributed by atoms with van der Waals surface area (Å²) in [5.74, 6) is -0.494. The number of benzene rings is 1. The molecule has 0 saturated heterocycles. The van der Waals surface area contributed by atoms with Crippen molar-refractivity contribution in [2.75, 3.05) is 24.2 Å². The molecule has 0 radical (unpaired) electrons. The molecule has 0 aliphatic heterocycles. The van der Waals surface area contributed by atoms with E-state index in [0.29, 0.717) is 16.9 Å². The van der Waals surface area contributed by atoms with Crippen LogP contribution in [0.4, 0.5) is 23.2 Å². The first kappa shape index (κ1) is 22.3. The van der Waals surface area contributed by atoms with E-state index in [1.165, 1.54) is 18.2 Å². The minimum atomic E-state index is -4.43. The maximum Gasteiger partial charge on any atom is 0.408 e. The van der Waals surface area contributed by atoms with Crippen LogP contribution >= 0.6 is 11.8 Å². The Hall–Kier alpha value is -2.97. The molecule has 156 valence electrons. The first-order chi connectivity index (χ1) is 13.7. The van der Waals surface area contributed by atoms with Gasteiger partial charge in [-0.05, 0) is 28.5 Å². The molecule has 0 fully saturated rings. The lowest BCUT2D eigenvalue weighted by atomic mass is 9.95. The van der Waals surface area contributed by atoms with Crippen molar-refractivity contribution < 1.29 is 27.4 Å². The summed E-state index contributed by atoms with van der Waals surface area (Å²) in [7, 11) is 1.58. The molecular weight excluding hydrogens is 417 g/mol. The van der Waals surface area contributed by atoms with Crippen molar-refractivity contribution in [1.29, 1.82) is 0 Å². The topological polar surface area (TPSA) is 134 Å². The molecule has 0 amide bonds. The van der Waals surface area contributed by atoms with Crippen molar-refractivity contribution in [3.05, 3.63) is 29.7 Å². The maximum absolute atomic E-state index is 13.4. The molecule has 0 spiro atoms. The number of aliphatic imine (C=N–C) groups is 1. The van der Waals surface area contributed by atoms with E-state index in [-0.39, 0.29) is 34.9 Å². The molecule has 9 nitrogen and oxygen atoms in total. The minimum Gasteiger partial charge on any atom is -0.409 e. The van der Waals surface area contributed by atoms with Crippen molar-refractivity contribution in [1.82, 2.24) is 15.6 Å². The summed E-state index contributed by atoms with van der Waals surface area (Å²) < 4.78 is 54.2. The number of nitrogens with zero attached hydrogens (tertiary/aromatic N) is 4. The van der Waals surface area contributed by atoms with Gasteiger partial charge in [0, 0.05) is 18.0 Å². The van der Waals surface area contributed by atoms with Crippen molar-refractivity contribution in [3.63, 3.8) is 0 Å². The zero-order valence-electron chi connectivity index (χ0n) is 15.0. The molecule has 1 aromatic heterocycles. The van der Waals surface area contributed by atoms with Crippen LogP contribution < -0.4 is 21.8 Å². The highest BCUT2D eigenvalue weighted by molar-refractivity contribution is 7.99. The smallest absolute Gasteiger partial charge is 0.408 e. The Morgan fingerprint density at radius 1 is 1.34 bits per heavy atom. The van der Waals surface area contributed by atoms with Gasteiger partial charge in [-0.25, -0.2) is 14.0 Å². The van der Waals surface area contributed by atoms with Crippen LogP contribution in [0.3, 0.4) is 0 Å². The first-order valence-electron chi connectivity index (χ1n) is 8.01. The Labute approximate surface area is 167 Å². The maximum atomic E-state index is 13.4. The van der Waals surface area contributed by atoms with Gasteiger partial charge in [0.25, 0.3) is 0 Å². The molecule has 1 aromatic carbocycles. The largest absolute Gasteiger partial charge is 0.409 e. The molecule has 0 aliphatic rings. The van der Waals surface area contributed by atoms with E-state index in [1.54, 1.807) is 7.85 Å². The molecular formula is C14H16BF4N7O2S. The van der Waals surface area contributed by atoms with Crippen molar-refractivity contribution in [3.8, 4) is 0 Å². The number of aromatic nitrogens is 2. The number of nitrogens with one attached hydrogen (secondary N) is 2. The number of guanidine groups is 1. The molecule has 2 rings (SSSR count). The van der Waals surface area contributed by atoms with Gasteiger partial charge in [0.15, 0.2) is 16.7 Å². The predicted molar refractivity (Wildman–Crippen MR) is 102 cm³/mol. The number of alkyl halides is 3. The third-order valence-corrected chi connectivity index (χ3v) is 4.23. The molecule has 0 saturated carbocycles. The second-order valence-corrected chi connectivity index (χ2v) is 6.63. The third kappa shape index (κ3) is 7.17. The number of rotatable bonds is 7. The van der Waals surface area contributed by atoms with Crippen molar-refractivity contribution in [2.24, 2.45) is 15.9 Å². The standard InChI is InChI=1S/C14H16BF4N7O2S/c15-8-5-7(1-2-9(8)16)23-11(24-27)10-12(26-28-25-10)29-4-3-21-13(20)22-6-14(17,18)19/h1-2,5,27H,3-4,6,15H2,(H,23,24)(H3,20,21,22). The summed E-state index contributed by atoms with van der Waals surface area (Å²) in [5.41, 5.74) is 6.27. The molecule has 5 N–H and O–H groups in total. The van der Waals surface area contributed by atoms with E-state index in [9.17, 15) is 22.8 Å². The summed E-state index contributed by atoms with van der Waals surface area (Å²) in [5, 5.41) is 25.3. The Morgan fingerprint density at radius 3 is 2.76 bits per heavy atom. The van der Waals surface area contributed by atoms with Crippen molar-refractivity contribution in [2.45, 2.75) is 11.2 Å². The van der Waals surface area contributed by atoms with Gasteiger partial charge in [-0.1, -0.05) is 22.4 Å². The van der Waals surface area contributed by atoms with Crippen LogP contribution in [0.1, 0.15) is 5.69 Å². The molecule has 2 aromatic rings. The van der Waals surface area contributed by atoms with E-state index in [1.807, 2.05) is 0 Å². The van der Waals surface area contributed by atoms with E-state index >= 15 is 0 Å². The molecule has 0 unspecified atom stereocenters. The number of hydrogen-bond donors (Lipinski definition) is 4. The Morgan fingerprint density at radius 2 is 2.10 bits per heavy atom. The highest BCUT2D eigenvalue weighted by atomic mass is 32.2. The zero-order chi connectivity index (χ0) is 21.4. The fourth-order valence-corrected chi connectivity index (χ4v) is 2.72. The monoisotopic (exact) mass is 433 g/mol. The van der Waals surface area contributed by atoms with Crippen LogP contribution in [0.5, 0.6) is 0 Å². The van der Waals surface area contributed by atoms with Crippen LogP contribution in [0.15, 0.2) is 38.0 Å². The van der Waals surface area contributed by atoms with Crippen LogP contribution in [0, 0.1) is 5.82 Å². The lowest BCUT2D eigenvalue weighted by Gasteiger charge is -2.08. The van der Waals surface area contributed by atoms with E-state index in [4.69, 9.17) is 5.73 Å². The summed E-state index contributed by atoms with van der Waals surface area (Å²) in [4.78, 5) is 3.16. The van der Waals surface area contributed by atoms with Crippen LogP contribution in [-0.4, -0.2) is 60.2 Å². The third-order valence-electron chi connectivity index (χ3n) is 3.28. The van der Waals surface area contributed by atoms with Gasteiger partial charge < -0.3 is 21.6 Å². The molecule has 1 heterocycles. The van der Waals surface area contributed by atoms with E-state index in [0.717, 1.165) is 11.8 Å². The normalized spacial score (nSPS) is 12.8. The summed E-state index contributed by atoms with van der Waals surface area (Å²) in [6.07, 6.45) is -4.43. The highest BCUT2D eigenvalue weighted by Crippen LogP contribution is 2.20. The second-order valence-electron chi connectivity index (χ2n) is 5.55. The number of nitrogens with two attached hydrogens (primary N) is 1. The minimum absolute atomic E-state index is 0.0843. The quantitative estimate of drug-likeness (QED) is 0.0715. The molecule has 15 heteroatoms.